The van der Waals surface area contributed by atoms with Gasteiger partial charge in [0, 0.05) is 6.26 Å². The summed E-state index contributed by atoms with van der Waals surface area (Å²) in [4.78, 5) is 24.6. The molecule has 0 aliphatic carbocycles. The molecule has 0 fully saturated rings. The van der Waals surface area contributed by atoms with E-state index in [-0.39, 0.29) is 11.3 Å². The predicted molar refractivity (Wildman–Crippen MR) is 106 cm³/mol. The molecular formula is C20H23NO6S. The fourth-order valence-electron chi connectivity index (χ4n) is 2.48. The number of carbonyl (C=O) groups excluding carboxylic acids is 2. The second-order valence-electron chi connectivity index (χ2n) is 6.51. The third-order valence-electron chi connectivity index (χ3n) is 3.88. The quantitative estimate of drug-likeness (QED) is 0.711. The minimum absolute atomic E-state index is 0.112. The minimum Gasteiger partial charge on any atom is -0.495 e. The Balaban J connectivity index is 2.01. The number of methoxy groups -OCH3 is 1. The molecule has 8 heteroatoms. The lowest BCUT2D eigenvalue weighted by atomic mass is 10.1. The standard InChI is InChI=1S/C20H23NO6S/c1-13-5-10-18(26-3)17(11-13)21-19(22)14(2)27-20(23)16-8-6-15(7-9-16)12-28(4,24)25/h5-11,14H,12H2,1-4H3,(H,21,22)/t14-/m1/s1. The van der Waals surface area contributed by atoms with Crippen LogP contribution in [0.2, 0.25) is 0 Å². The summed E-state index contributed by atoms with van der Waals surface area (Å²) in [7, 11) is -1.66. The molecule has 0 saturated heterocycles. The molecule has 1 amide bonds. The number of hydrogen-bond donors (Lipinski definition) is 1. The number of nitrogens with one attached hydrogen (secondary N) is 1. The Morgan fingerprint density at radius 2 is 1.75 bits per heavy atom. The zero-order chi connectivity index (χ0) is 20.9. The van der Waals surface area contributed by atoms with Crippen LogP contribution in [0.5, 0.6) is 5.75 Å². The highest BCUT2D eigenvalue weighted by atomic mass is 32.2. The lowest BCUT2D eigenvalue weighted by Gasteiger charge is -2.15. The zero-order valence-corrected chi connectivity index (χ0v) is 17.0. The molecule has 28 heavy (non-hydrogen) atoms. The highest BCUT2D eigenvalue weighted by molar-refractivity contribution is 7.89. The van der Waals surface area contributed by atoms with Gasteiger partial charge in [-0.2, -0.15) is 0 Å². The molecular weight excluding hydrogens is 382 g/mol. The average Bonchev–Trinajstić information content (AvgIpc) is 2.61. The summed E-state index contributed by atoms with van der Waals surface area (Å²) in [6, 6.07) is 11.4. The van der Waals surface area contributed by atoms with Gasteiger partial charge in [-0.1, -0.05) is 18.2 Å². The van der Waals surface area contributed by atoms with Crippen LogP contribution in [0.1, 0.15) is 28.4 Å². The molecule has 2 aromatic rings. The second-order valence-corrected chi connectivity index (χ2v) is 8.65. The van der Waals surface area contributed by atoms with Crippen molar-refractivity contribution in [2.24, 2.45) is 0 Å². The molecule has 0 radical (unpaired) electrons. The number of benzene rings is 2. The summed E-state index contributed by atoms with van der Waals surface area (Å²) in [5.74, 6) is -0.783. The van der Waals surface area contributed by atoms with E-state index in [1.54, 1.807) is 24.3 Å². The lowest BCUT2D eigenvalue weighted by Crippen LogP contribution is -2.30. The van der Waals surface area contributed by atoms with Crippen LogP contribution in [-0.2, 0) is 25.1 Å². The fraction of sp³-hybridized carbons (Fsp3) is 0.300. The van der Waals surface area contributed by atoms with E-state index < -0.39 is 27.8 Å². The van der Waals surface area contributed by atoms with Crippen molar-refractivity contribution in [3.05, 3.63) is 59.2 Å². The molecule has 1 atom stereocenters. The highest BCUT2D eigenvalue weighted by Gasteiger charge is 2.20. The van der Waals surface area contributed by atoms with E-state index in [0.717, 1.165) is 11.8 Å². The van der Waals surface area contributed by atoms with Crippen molar-refractivity contribution < 1.29 is 27.5 Å². The smallest absolute Gasteiger partial charge is 0.338 e. The van der Waals surface area contributed by atoms with Crippen molar-refractivity contribution in [2.75, 3.05) is 18.7 Å². The first-order chi connectivity index (χ1) is 13.1. The zero-order valence-electron chi connectivity index (χ0n) is 16.2. The summed E-state index contributed by atoms with van der Waals surface area (Å²) >= 11 is 0. The second kappa shape index (κ2) is 8.88. The summed E-state index contributed by atoms with van der Waals surface area (Å²) in [6.07, 6.45) is 0.104. The van der Waals surface area contributed by atoms with E-state index >= 15 is 0 Å². The molecule has 0 heterocycles. The molecule has 0 aliphatic rings. The van der Waals surface area contributed by atoms with Gasteiger partial charge in [-0.05, 0) is 49.2 Å². The lowest BCUT2D eigenvalue weighted by molar-refractivity contribution is -0.123. The first-order valence-corrected chi connectivity index (χ1v) is 10.6. The van der Waals surface area contributed by atoms with Crippen LogP contribution in [0.25, 0.3) is 0 Å². The molecule has 1 N–H and O–H groups in total. The molecule has 0 spiro atoms. The third kappa shape index (κ3) is 6.09. The summed E-state index contributed by atoms with van der Waals surface area (Å²) in [5, 5.41) is 2.69. The van der Waals surface area contributed by atoms with Gasteiger partial charge in [0.25, 0.3) is 5.91 Å². The molecule has 150 valence electrons. The number of aryl methyl sites for hydroxylation is 1. The van der Waals surface area contributed by atoms with Crippen LogP contribution < -0.4 is 10.1 Å². The Morgan fingerprint density at radius 3 is 2.32 bits per heavy atom. The van der Waals surface area contributed by atoms with Gasteiger partial charge in [0.15, 0.2) is 15.9 Å². The van der Waals surface area contributed by atoms with Crippen molar-refractivity contribution in [3.63, 3.8) is 0 Å². The Hall–Kier alpha value is -2.87. The molecule has 0 unspecified atom stereocenters. The predicted octanol–water partition coefficient (Wildman–Crippen LogP) is 2.73. The van der Waals surface area contributed by atoms with Crippen molar-refractivity contribution in [2.45, 2.75) is 25.7 Å². The number of hydrogen-bond acceptors (Lipinski definition) is 6. The molecule has 2 aromatic carbocycles. The van der Waals surface area contributed by atoms with Crippen LogP contribution in [0, 0.1) is 6.92 Å². The van der Waals surface area contributed by atoms with E-state index in [0.29, 0.717) is 17.0 Å². The van der Waals surface area contributed by atoms with Crippen LogP contribution >= 0.6 is 0 Å². The normalized spacial score (nSPS) is 12.1. The maximum absolute atomic E-state index is 12.4. The number of carbonyl (C=O) groups is 2. The molecule has 2 rings (SSSR count). The summed E-state index contributed by atoms with van der Waals surface area (Å²) in [5.41, 5.74) is 2.22. The number of anilines is 1. The SMILES string of the molecule is COc1ccc(C)cc1NC(=O)[C@@H](C)OC(=O)c1ccc(CS(C)(=O)=O)cc1. The van der Waals surface area contributed by atoms with Gasteiger partial charge in [-0.15, -0.1) is 0 Å². The largest absolute Gasteiger partial charge is 0.495 e. The topological polar surface area (TPSA) is 98.8 Å². The molecule has 0 aliphatic heterocycles. The first-order valence-electron chi connectivity index (χ1n) is 8.52. The van der Waals surface area contributed by atoms with E-state index in [9.17, 15) is 18.0 Å². The molecule has 0 bridgehead atoms. The number of sulfone groups is 1. The summed E-state index contributed by atoms with van der Waals surface area (Å²) in [6.45, 7) is 3.35. The van der Waals surface area contributed by atoms with E-state index in [4.69, 9.17) is 9.47 Å². The summed E-state index contributed by atoms with van der Waals surface area (Å²) < 4.78 is 33.0. The van der Waals surface area contributed by atoms with Crippen molar-refractivity contribution >= 4 is 27.4 Å². The van der Waals surface area contributed by atoms with Gasteiger partial charge >= 0.3 is 5.97 Å². The van der Waals surface area contributed by atoms with Gasteiger partial charge in [0.1, 0.15) is 5.75 Å². The average molecular weight is 405 g/mol. The fourth-order valence-corrected chi connectivity index (χ4v) is 3.27. The van der Waals surface area contributed by atoms with Gasteiger partial charge < -0.3 is 14.8 Å². The maximum Gasteiger partial charge on any atom is 0.338 e. The van der Waals surface area contributed by atoms with E-state index in [2.05, 4.69) is 5.32 Å². The first kappa shape index (κ1) is 21.4. The van der Waals surface area contributed by atoms with Gasteiger partial charge in [0.05, 0.1) is 24.1 Å². The van der Waals surface area contributed by atoms with E-state index in [1.807, 2.05) is 13.0 Å². The van der Waals surface area contributed by atoms with Crippen molar-refractivity contribution in [3.8, 4) is 5.75 Å². The molecule has 0 saturated carbocycles. The Labute approximate surface area is 164 Å². The van der Waals surface area contributed by atoms with Crippen molar-refractivity contribution in [1.29, 1.82) is 0 Å². The Morgan fingerprint density at radius 1 is 1.11 bits per heavy atom. The van der Waals surface area contributed by atoms with Crippen LogP contribution in [0.3, 0.4) is 0 Å². The number of esters is 1. The molecule has 0 aromatic heterocycles. The monoisotopic (exact) mass is 405 g/mol. The Bertz CT molecular complexity index is 967. The Kier molecular flexibility index (Phi) is 6.80. The third-order valence-corrected chi connectivity index (χ3v) is 4.74. The number of ether oxygens (including phenoxy) is 2. The van der Waals surface area contributed by atoms with Crippen LogP contribution in [-0.4, -0.2) is 39.8 Å². The van der Waals surface area contributed by atoms with E-state index in [1.165, 1.54) is 26.2 Å². The number of rotatable bonds is 7. The minimum atomic E-state index is -3.16. The van der Waals surface area contributed by atoms with Crippen LogP contribution in [0.15, 0.2) is 42.5 Å². The maximum atomic E-state index is 12.4. The van der Waals surface area contributed by atoms with Gasteiger partial charge in [0.2, 0.25) is 0 Å². The highest BCUT2D eigenvalue weighted by Crippen LogP contribution is 2.25. The van der Waals surface area contributed by atoms with Gasteiger partial charge in [-0.3, -0.25) is 4.79 Å². The molecule has 7 nitrogen and oxygen atoms in total. The van der Waals surface area contributed by atoms with Crippen molar-refractivity contribution in [1.82, 2.24) is 0 Å². The van der Waals surface area contributed by atoms with Gasteiger partial charge in [-0.25, -0.2) is 13.2 Å². The van der Waals surface area contributed by atoms with Crippen LogP contribution in [0.4, 0.5) is 5.69 Å². The number of amides is 1.